The van der Waals surface area contributed by atoms with Crippen molar-refractivity contribution in [1.82, 2.24) is 25.0 Å². The number of anilines is 2. The monoisotopic (exact) mass is 343 g/mol. The summed E-state index contributed by atoms with van der Waals surface area (Å²) < 4.78 is 39.2. The molecule has 0 spiro atoms. The van der Waals surface area contributed by atoms with Crippen LogP contribution in [0.25, 0.3) is 0 Å². The summed E-state index contributed by atoms with van der Waals surface area (Å²) in [6.45, 7) is 2.77. The maximum absolute atomic E-state index is 12.4. The van der Waals surface area contributed by atoms with Gasteiger partial charge < -0.3 is 5.32 Å². The van der Waals surface area contributed by atoms with Gasteiger partial charge in [-0.15, -0.1) is 5.10 Å². The van der Waals surface area contributed by atoms with Gasteiger partial charge >= 0.3 is 12.2 Å². The lowest BCUT2D eigenvalue weighted by molar-refractivity contribution is -0.144. The van der Waals surface area contributed by atoms with Gasteiger partial charge in [0, 0.05) is 12.5 Å². The number of rotatable bonds is 5. The summed E-state index contributed by atoms with van der Waals surface area (Å²) in [7, 11) is 0. The molecule has 2 heterocycles. The van der Waals surface area contributed by atoms with E-state index >= 15 is 0 Å². The number of alkyl halides is 3. The molecule has 1 aliphatic rings. The molecule has 3 N–H and O–H groups in total. The fourth-order valence-corrected chi connectivity index (χ4v) is 2.37. The molecular formula is C13H16F3N7O. The molecule has 0 aliphatic heterocycles. The van der Waals surface area contributed by atoms with Gasteiger partial charge in [0.2, 0.25) is 5.82 Å². The van der Waals surface area contributed by atoms with Crippen molar-refractivity contribution in [3.05, 3.63) is 17.7 Å². The Balaban J connectivity index is 1.68. The van der Waals surface area contributed by atoms with E-state index < -0.39 is 24.0 Å². The number of H-pyrrole nitrogens is 1. The zero-order chi connectivity index (χ0) is 17.3. The van der Waals surface area contributed by atoms with Crippen LogP contribution < -0.4 is 10.6 Å². The van der Waals surface area contributed by atoms with Crippen molar-refractivity contribution in [1.29, 1.82) is 0 Å². The van der Waals surface area contributed by atoms with Crippen molar-refractivity contribution in [3.8, 4) is 0 Å². The van der Waals surface area contributed by atoms with Gasteiger partial charge in [0.15, 0.2) is 0 Å². The first kappa shape index (κ1) is 16.3. The number of halogens is 3. The maximum atomic E-state index is 12.4. The smallest absolute Gasteiger partial charge is 0.304 e. The fraction of sp³-hybridized carbons (Fsp3) is 0.538. The van der Waals surface area contributed by atoms with E-state index in [-0.39, 0.29) is 0 Å². The van der Waals surface area contributed by atoms with Crippen LogP contribution in [-0.4, -0.2) is 31.0 Å². The van der Waals surface area contributed by atoms with Gasteiger partial charge in [-0.25, -0.2) is 4.79 Å². The topological polar surface area (TPSA) is 101 Å². The molecule has 0 bridgehead atoms. The lowest BCUT2D eigenvalue weighted by Crippen LogP contribution is -2.21. The van der Waals surface area contributed by atoms with Crippen LogP contribution in [-0.2, 0) is 12.7 Å². The van der Waals surface area contributed by atoms with Gasteiger partial charge in [0.1, 0.15) is 0 Å². The molecular weight excluding hydrogens is 327 g/mol. The summed E-state index contributed by atoms with van der Waals surface area (Å²) in [5, 5.41) is 14.1. The van der Waals surface area contributed by atoms with Crippen molar-refractivity contribution in [2.45, 2.75) is 44.8 Å². The molecule has 2 amide bonds. The van der Waals surface area contributed by atoms with E-state index in [1.165, 1.54) is 0 Å². The average Bonchev–Trinajstić information content (AvgIpc) is 3.08. The van der Waals surface area contributed by atoms with Crippen molar-refractivity contribution >= 4 is 17.7 Å². The van der Waals surface area contributed by atoms with E-state index in [0.29, 0.717) is 11.6 Å². The fourth-order valence-electron chi connectivity index (χ4n) is 2.37. The summed E-state index contributed by atoms with van der Waals surface area (Å²) in [6.07, 6.45) is -0.139. The highest BCUT2D eigenvalue weighted by atomic mass is 19.4. The molecule has 0 saturated heterocycles. The molecule has 11 heteroatoms. The summed E-state index contributed by atoms with van der Waals surface area (Å²) in [5.74, 6) is -1.37. The van der Waals surface area contributed by atoms with Crippen molar-refractivity contribution in [2.24, 2.45) is 0 Å². The zero-order valence-electron chi connectivity index (χ0n) is 12.8. The van der Waals surface area contributed by atoms with Gasteiger partial charge in [0.25, 0.3) is 5.95 Å². The lowest BCUT2D eigenvalue weighted by Gasteiger charge is -2.08. The van der Waals surface area contributed by atoms with Crippen LogP contribution in [0.4, 0.5) is 29.6 Å². The predicted octanol–water partition coefficient (Wildman–Crippen LogP) is 2.95. The van der Waals surface area contributed by atoms with Crippen LogP contribution >= 0.6 is 0 Å². The van der Waals surface area contributed by atoms with Gasteiger partial charge in [-0.05, 0) is 19.3 Å². The first-order valence-electron chi connectivity index (χ1n) is 7.51. The highest BCUT2D eigenvalue weighted by Crippen LogP contribution is 2.43. The third-order valence-electron chi connectivity index (χ3n) is 3.51. The summed E-state index contributed by atoms with van der Waals surface area (Å²) in [5.41, 5.74) is 1.49. The molecule has 2 aromatic heterocycles. The SMILES string of the molecule is CCCn1ncc(NC(=O)Nc2n[nH]c(C(F)(F)F)n2)c1C1CC1. The highest BCUT2D eigenvalue weighted by Gasteiger charge is 2.35. The molecule has 0 unspecified atom stereocenters. The number of nitrogens with one attached hydrogen (secondary N) is 3. The Morgan fingerprint density at radius 1 is 1.42 bits per heavy atom. The van der Waals surface area contributed by atoms with Crippen LogP contribution in [0.5, 0.6) is 0 Å². The Kier molecular flexibility index (Phi) is 4.16. The van der Waals surface area contributed by atoms with Crippen LogP contribution in [0.15, 0.2) is 6.20 Å². The molecule has 3 rings (SSSR count). The summed E-state index contributed by atoms with van der Waals surface area (Å²) in [6, 6.07) is -0.722. The predicted molar refractivity (Wildman–Crippen MR) is 78.5 cm³/mol. The number of amides is 2. The molecule has 1 fully saturated rings. The quantitative estimate of drug-likeness (QED) is 0.777. The van der Waals surface area contributed by atoms with Gasteiger partial charge in [-0.3, -0.25) is 15.1 Å². The Morgan fingerprint density at radius 2 is 2.17 bits per heavy atom. The van der Waals surface area contributed by atoms with E-state index in [1.54, 1.807) is 11.3 Å². The van der Waals surface area contributed by atoms with Crippen molar-refractivity contribution in [3.63, 3.8) is 0 Å². The minimum Gasteiger partial charge on any atom is -0.304 e. The van der Waals surface area contributed by atoms with Crippen molar-refractivity contribution in [2.75, 3.05) is 10.6 Å². The average molecular weight is 343 g/mol. The van der Waals surface area contributed by atoms with Crippen molar-refractivity contribution < 1.29 is 18.0 Å². The van der Waals surface area contributed by atoms with E-state index in [9.17, 15) is 18.0 Å². The van der Waals surface area contributed by atoms with Crippen LogP contribution in [0, 0.1) is 0 Å². The Morgan fingerprint density at radius 3 is 2.75 bits per heavy atom. The third-order valence-corrected chi connectivity index (χ3v) is 3.51. The lowest BCUT2D eigenvalue weighted by atomic mass is 10.2. The first-order chi connectivity index (χ1) is 11.4. The number of hydrogen-bond acceptors (Lipinski definition) is 4. The van der Waals surface area contributed by atoms with Crippen LogP contribution in [0.3, 0.4) is 0 Å². The van der Waals surface area contributed by atoms with Gasteiger partial charge in [0.05, 0.1) is 17.6 Å². The highest BCUT2D eigenvalue weighted by molar-refractivity contribution is 5.99. The largest absolute Gasteiger partial charge is 0.451 e. The Bertz CT molecular complexity index is 732. The first-order valence-corrected chi connectivity index (χ1v) is 7.51. The number of carbonyl (C=O) groups excluding carboxylic acids is 1. The Hall–Kier alpha value is -2.59. The number of carbonyl (C=O) groups is 1. The molecule has 24 heavy (non-hydrogen) atoms. The Labute approximate surface area is 134 Å². The molecule has 8 nitrogen and oxygen atoms in total. The summed E-state index contributed by atoms with van der Waals surface area (Å²) >= 11 is 0. The molecule has 0 aromatic carbocycles. The molecule has 0 radical (unpaired) electrons. The molecule has 130 valence electrons. The second kappa shape index (κ2) is 6.13. The zero-order valence-corrected chi connectivity index (χ0v) is 12.8. The number of nitrogens with zero attached hydrogens (tertiary/aromatic N) is 4. The second-order valence-electron chi connectivity index (χ2n) is 5.53. The van der Waals surface area contributed by atoms with Crippen LogP contribution in [0.1, 0.15) is 43.6 Å². The number of hydrogen-bond donors (Lipinski definition) is 3. The van der Waals surface area contributed by atoms with Gasteiger partial charge in [-0.1, -0.05) is 6.92 Å². The minimum absolute atomic E-state index is 0.356. The maximum Gasteiger partial charge on any atom is 0.451 e. The van der Waals surface area contributed by atoms with Gasteiger partial charge in [-0.2, -0.15) is 23.3 Å². The standard InChI is InChI=1S/C13H16F3N7O/c1-2-5-23-9(7-3-4-7)8(6-17-23)18-12(24)20-11-19-10(21-22-11)13(14,15)16/h6-7H,2-5H2,1H3,(H3,18,19,20,21,22,24). The number of aromatic nitrogens is 5. The minimum atomic E-state index is -4.65. The normalized spacial score (nSPS) is 14.7. The second-order valence-corrected chi connectivity index (χ2v) is 5.53. The van der Waals surface area contributed by atoms with E-state index in [2.05, 4.69) is 25.8 Å². The molecule has 1 aliphatic carbocycles. The van der Waals surface area contributed by atoms with E-state index in [0.717, 1.165) is 31.5 Å². The summed E-state index contributed by atoms with van der Waals surface area (Å²) in [4.78, 5) is 15.2. The third kappa shape index (κ3) is 3.49. The van der Waals surface area contributed by atoms with E-state index in [4.69, 9.17) is 0 Å². The number of aromatic amines is 1. The molecule has 1 saturated carbocycles. The number of urea groups is 1. The molecule has 2 aromatic rings. The van der Waals surface area contributed by atoms with Crippen LogP contribution in [0.2, 0.25) is 0 Å². The van der Waals surface area contributed by atoms with E-state index in [1.807, 2.05) is 11.6 Å². The number of aryl methyl sites for hydroxylation is 1. The molecule has 0 atom stereocenters.